The lowest BCUT2D eigenvalue weighted by Crippen LogP contribution is -2.40. The third-order valence-electron chi connectivity index (χ3n) is 2.43. The topological polar surface area (TPSA) is 24.1 Å². The largest absolute Gasteiger partial charge is 0.386 e. The Morgan fingerprint density at radius 2 is 2.19 bits per heavy atom. The first kappa shape index (κ1) is 11.8. The SMILES string of the molecule is OC(CBr)C[n+]1cccc2cc(Cl)ccc21. The first-order chi connectivity index (χ1) is 7.70. The lowest BCUT2D eigenvalue weighted by Gasteiger charge is -2.05. The quantitative estimate of drug-likeness (QED) is 0.684. The molecule has 0 spiro atoms. The fourth-order valence-electron chi connectivity index (χ4n) is 1.69. The molecule has 84 valence electrons. The molecule has 1 N–H and O–H groups in total. The minimum absolute atomic E-state index is 0.383. The van der Waals surface area contributed by atoms with Gasteiger partial charge in [0.05, 0.1) is 0 Å². The third kappa shape index (κ3) is 2.54. The Morgan fingerprint density at radius 3 is 2.94 bits per heavy atom. The summed E-state index contributed by atoms with van der Waals surface area (Å²) >= 11 is 9.20. The van der Waals surface area contributed by atoms with Gasteiger partial charge in [0.2, 0.25) is 5.52 Å². The molecular weight excluding hydrogens is 289 g/mol. The van der Waals surface area contributed by atoms with Gasteiger partial charge in [0.15, 0.2) is 12.7 Å². The van der Waals surface area contributed by atoms with E-state index >= 15 is 0 Å². The van der Waals surface area contributed by atoms with Gasteiger partial charge in [-0.15, -0.1) is 0 Å². The van der Waals surface area contributed by atoms with Crippen molar-refractivity contribution in [2.24, 2.45) is 0 Å². The Hall–Kier alpha value is -0.640. The number of aromatic nitrogens is 1. The average Bonchev–Trinajstić information content (AvgIpc) is 2.28. The minimum Gasteiger partial charge on any atom is -0.386 e. The molecule has 0 saturated carbocycles. The Morgan fingerprint density at radius 1 is 1.38 bits per heavy atom. The van der Waals surface area contributed by atoms with Gasteiger partial charge in [-0.1, -0.05) is 27.5 Å². The van der Waals surface area contributed by atoms with Gasteiger partial charge in [0.1, 0.15) is 6.10 Å². The lowest BCUT2D eigenvalue weighted by atomic mass is 10.2. The molecule has 1 unspecified atom stereocenters. The van der Waals surface area contributed by atoms with Crippen molar-refractivity contribution < 1.29 is 9.67 Å². The van der Waals surface area contributed by atoms with Gasteiger partial charge in [0, 0.05) is 27.9 Å². The Kier molecular flexibility index (Phi) is 3.79. The Balaban J connectivity index is 2.45. The molecule has 0 fully saturated rings. The number of aliphatic hydroxyl groups is 1. The highest BCUT2D eigenvalue weighted by Gasteiger charge is 2.13. The highest BCUT2D eigenvalue weighted by Crippen LogP contribution is 2.16. The van der Waals surface area contributed by atoms with E-state index in [-0.39, 0.29) is 6.10 Å². The maximum absolute atomic E-state index is 9.63. The minimum atomic E-state index is -0.383. The van der Waals surface area contributed by atoms with Crippen LogP contribution in [0.4, 0.5) is 0 Å². The number of aliphatic hydroxyl groups excluding tert-OH is 1. The van der Waals surface area contributed by atoms with E-state index in [0.29, 0.717) is 11.9 Å². The second-order valence-corrected chi connectivity index (χ2v) is 4.76. The molecule has 16 heavy (non-hydrogen) atoms. The normalized spacial score (nSPS) is 12.9. The van der Waals surface area contributed by atoms with Crippen LogP contribution in [0.5, 0.6) is 0 Å². The van der Waals surface area contributed by atoms with Crippen LogP contribution in [0.3, 0.4) is 0 Å². The van der Waals surface area contributed by atoms with Crippen molar-refractivity contribution in [1.29, 1.82) is 0 Å². The van der Waals surface area contributed by atoms with Gasteiger partial charge >= 0.3 is 0 Å². The molecule has 2 rings (SSSR count). The third-order valence-corrected chi connectivity index (χ3v) is 3.41. The number of rotatable bonds is 3. The smallest absolute Gasteiger partial charge is 0.212 e. The van der Waals surface area contributed by atoms with Gasteiger partial charge in [-0.05, 0) is 18.2 Å². The zero-order chi connectivity index (χ0) is 11.5. The first-order valence-electron chi connectivity index (χ1n) is 5.02. The van der Waals surface area contributed by atoms with E-state index in [0.717, 1.165) is 15.9 Å². The predicted octanol–water partition coefficient (Wildman–Crippen LogP) is 2.54. The van der Waals surface area contributed by atoms with Crippen LogP contribution in [0.1, 0.15) is 0 Å². The first-order valence-corrected chi connectivity index (χ1v) is 6.52. The molecule has 1 atom stereocenters. The standard InChI is InChI=1S/C12H12BrClNO/c13-7-11(16)8-15-5-1-2-9-6-10(14)3-4-12(9)15/h1-6,11,16H,7-8H2/q+1. The van der Waals surface area contributed by atoms with Crippen molar-refractivity contribution in [3.8, 4) is 0 Å². The highest BCUT2D eigenvalue weighted by atomic mass is 79.9. The van der Waals surface area contributed by atoms with Crippen molar-refractivity contribution in [1.82, 2.24) is 0 Å². The number of hydrogen-bond acceptors (Lipinski definition) is 1. The number of alkyl halides is 1. The van der Waals surface area contributed by atoms with Crippen LogP contribution in [-0.2, 0) is 6.54 Å². The molecule has 0 aliphatic rings. The Labute approximate surface area is 108 Å². The van der Waals surface area contributed by atoms with Crippen molar-refractivity contribution in [2.45, 2.75) is 12.6 Å². The van der Waals surface area contributed by atoms with Gasteiger partial charge in [-0.3, -0.25) is 0 Å². The number of hydrogen-bond donors (Lipinski definition) is 1. The molecule has 4 heteroatoms. The number of benzene rings is 1. The second-order valence-electron chi connectivity index (χ2n) is 3.67. The van der Waals surface area contributed by atoms with Crippen molar-refractivity contribution in [2.75, 3.05) is 5.33 Å². The number of fused-ring (bicyclic) bond motifs is 1. The summed E-state index contributed by atoms with van der Waals surface area (Å²) < 4.78 is 2.03. The molecule has 1 aromatic heterocycles. The monoisotopic (exact) mass is 300 g/mol. The molecule has 2 nitrogen and oxygen atoms in total. The summed E-state index contributed by atoms with van der Waals surface area (Å²) in [6.45, 7) is 0.574. The second kappa shape index (κ2) is 5.13. The Bertz CT molecular complexity index is 503. The fourth-order valence-corrected chi connectivity index (χ4v) is 2.07. The van der Waals surface area contributed by atoms with Crippen molar-refractivity contribution in [3.05, 3.63) is 41.6 Å². The molecule has 1 heterocycles. The van der Waals surface area contributed by atoms with Gasteiger partial charge in [-0.2, -0.15) is 4.57 Å². The molecule has 1 aromatic carbocycles. The van der Waals surface area contributed by atoms with E-state index in [4.69, 9.17) is 11.6 Å². The van der Waals surface area contributed by atoms with Gasteiger partial charge in [0.25, 0.3) is 0 Å². The molecule has 0 amide bonds. The van der Waals surface area contributed by atoms with Crippen molar-refractivity contribution >= 4 is 38.4 Å². The summed E-state index contributed by atoms with van der Waals surface area (Å²) in [4.78, 5) is 0. The molecule has 0 saturated heterocycles. The molecule has 0 aliphatic heterocycles. The zero-order valence-corrected chi connectivity index (χ0v) is 10.9. The summed E-state index contributed by atoms with van der Waals surface area (Å²) in [5.74, 6) is 0. The van der Waals surface area contributed by atoms with Crippen molar-refractivity contribution in [3.63, 3.8) is 0 Å². The van der Waals surface area contributed by atoms with Crippen LogP contribution in [-0.4, -0.2) is 16.5 Å². The van der Waals surface area contributed by atoms with Crippen LogP contribution in [0.2, 0.25) is 5.02 Å². The van der Waals surface area contributed by atoms with Gasteiger partial charge in [-0.25, -0.2) is 0 Å². The number of nitrogens with zero attached hydrogens (tertiary/aromatic N) is 1. The maximum Gasteiger partial charge on any atom is 0.212 e. The summed E-state index contributed by atoms with van der Waals surface area (Å²) in [5.41, 5.74) is 1.08. The van der Waals surface area contributed by atoms with E-state index in [2.05, 4.69) is 15.9 Å². The lowest BCUT2D eigenvalue weighted by molar-refractivity contribution is -0.677. The van der Waals surface area contributed by atoms with E-state index in [1.54, 1.807) is 0 Å². The van der Waals surface area contributed by atoms with E-state index in [1.165, 1.54) is 0 Å². The average molecular weight is 302 g/mol. The number of pyridine rings is 1. The molecule has 0 aliphatic carbocycles. The fraction of sp³-hybridized carbons (Fsp3) is 0.250. The molecule has 0 bridgehead atoms. The molecule has 0 radical (unpaired) electrons. The summed E-state index contributed by atoms with van der Waals surface area (Å²) in [6.07, 6.45) is 1.58. The highest BCUT2D eigenvalue weighted by molar-refractivity contribution is 9.09. The van der Waals surface area contributed by atoms with Crippen LogP contribution in [0.15, 0.2) is 36.5 Å². The molecular formula is C12H12BrClNO+. The summed E-state index contributed by atoms with van der Waals surface area (Å²) in [5, 5.41) is 12.0. The van der Waals surface area contributed by atoms with Crippen LogP contribution >= 0.6 is 27.5 Å². The van der Waals surface area contributed by atoms with E-state index in [1.807, 2.05) is 41.1 Å². The maximum atomic E-state index is 9.63. The zero-order valence-electron chi connectivity index (χ0n) is 8.61. The summed E-state index contributed by atoms with van der Waals surface area (Å²) in [6, 6.07) is 9.73. The van der Waals surface area contributed by atoms with Crippen LogP contribution in [0, 0.1) is 0 Å². The predicted molar refractivity (Wildman–Crippen MR) is 69.0 cm³/mol. The van der Waals surface area contributed by atoms with E-state index < -0.39 is 0 Å². The van der Waals surface area contributed by atoms with Crippen LogP contribution < -0.4 is 4.57 Å². The van der Waals surface area contributed by atoms with E-state index in [9.17, 15) is 5.11 Å². The van der Waals surface area contributed by atoms with Gasteiger partial charge < -0.3 is 5.11 Å². The molecule has 2 aromatic rings. The number of halogens is 2. The summed E-state index contributed by atoms with van der Waals surface area (Å²) in [7, 11) is 0. The van der Waals surface area contributed by atoms with Crippen LogP contribution in [0.25, 0.3) is 10.9 Å².